The van der Waals surface area contributed by atoms with Gasteiger partial charge in [-0.15, -0.1) is 0 Å². The number of hydrogen-bond acceptors (Lipinski definition) is 6. The molecule has 0 saturated carbocycles. The molecule has 1 N–H and O–H groups in total. The van der Waals surface area contributed by atoms with Crippen LogP contribution in [-0.4, -0.2) is 53.1 Å². The van der Waals surface area contributed by atoms with Gasteiger partial charge in [0.25, 0.3) is 0 Å². The molecule has 2 aliphatic heterocycles. The molecule has 6 heteroatoms. The highest BCUT2D eigenvalue weighted by Crippen LogP contribution is 2.40. The second-order valence-electron chi connectivity index (χ2n) is 7.60. The molecule has 1 atom stereocenters. The number of para-hydroxylation sites is 3. The summed E-state index contributed by atoms with van der Waals surface area (Å²) < 4.78 is 22.8. The van der Waals surface area contributed by atoms with E-state index in [-0.39, 0.29) is 6.10 Å². The van der Waals surface area contributed by atoms with Gasteiger partial charge >= 0.3 is 0 Å². The first-order valence-electron chi connectivity index (χ1n) is 10.3. The maximum Gasteiger partial charge on any atom is 0.204 e. The number of nitrogens with one attached hydrogen (secondary N) is 1. The maximum absolute atomic E-state index is 6.11. The minimum atomic E-state index is -0.00697. The molecule has 2 aliphatic rings. The average Bonchev–Trinajstić information content (AvgIpc) is 2.79. The largest absolute Gasteiger partial charge is 0.495 e. The van der Waals surface area contributed by atoms with E-state index >= 15 is 0 Å². The normalized spacial score (nSPS) is 19.1. The molecule has 1 unspecified atom stereocenters. The lowest BCUT2D eigenvalue weighted by atomic mass is 9.96. The van der Waals surface area contributed by atoms with Gasteiger partial charge in [-0.2, -0.15) is 0 Å². The van der Waals surface area contributed by atoms with Crippen molar-refractivity contribution in [3.05, 3.63) is 42.5 Å². The van der Waals surface area contributed by atoms with Gasteiger partial charge in [0, 0.05) is 19.6 Å². The topological polar surface area (TPSA) is 52.2 Å². The van der Waals surface area contributed by atoms with Crippen LogP contribution in [0, 0.1) is 5.92 Å². The van der Waals surface area contributed by atoms with E-state index in [1.807, 2.05) is 30.3 Å². The third-order valence-electron chi connectivity index (χ3n) is 5.72. The van der Waals surface area contributed by atoms with Crippen molar-refractivity contribution < 1.29 is 18.9 Å². The van der Waals surface area contributed by atoms with Crippen LogP contribution in [0.15, 0.2) is 42.5 Å². The smallest absolute Gasteiger partial charge is 0.204 e. The van der Waals surface area contributed by atoms with E-state index in [1.54, 1.807) is 14.2 Å². The highest BCUT2D eigenvalue weighted by molar-refractivity contribution is 5.58. The monoisotopic (exact) mass is 398 g/mol. The quantitative estimate of drug-likeness (QED) is 0.772. The van der Waals surface area contributed by atoms with Gasteiger partial charge in [-0.25, -0.2) is 0 Å². The molecule has 0 aromatic heterocycles. The lowest BCUT2D eigenvalue weighted by Gasteiger charge is -2.34. The molecule has 1 saturated heterocycles. The number of piperidine rings is 1. The van der Waals surface area contributed by atoms with Gasteiger partial charge in [0.05, 0.1) is 19.9 Å². The van der Waals surface area contributed by atoms with Crippen molar-refractivity contribution in [1.82, 2.24) is 5.32 Å². The van der Waals surface area contributed by atoms with E-state index in [4.69, 9.17) is 18.9 Å². The van der Waals surface area contributed by atoms with Crippen molar-refractivity contribution in [2.24, 2.45) is 5.92 Å². The van der Waals surface area contributed by atoms with Crippen molar-refractivity contribution >= 4 is 5.69 Å². The number of fused-ring (bicyclic) bond motifs is 1. The second-order valence-corrected chi connectivity index (χ2v) is 7.60. The lowest BCUT2D eigenvalue weighted by molar-refractivity contribution is 0.0855. The predicted octanol–water partition coefficient (Wildman–Crippen LogP) is 3.35. The molecule has 2 aromatic carbocycles. The number of hydrogen-bond donors (Lipinski definition) is 1. The van der Waals surface area contributed by atoms with Crippen molar-refractivity contribution in [2.75, 3.05) is 51.9 Å². The van der Waals surface area contributed by atoms with Crippen LogP contribution in [0.1, 0.15) is 12.8 Å². The Bertz CT molecular complexity index is 791. The van der Waals surface area contributed by atoms with Gasteiger partial charge in [-0.1, -0.05) is 18.2 Å². The third-order valence-corrected chi connectivity index (χ3v) is 5.72. The van der Waals surface area contributed by atoms with Gasteiger partial charge in [-0.3, -0.25) is 0 Å². The minimum Gasteiger partial charge on any atom is -0.495 e. The SMILES string of the molecule is COc1ccccc1N1CCC(CNCC2COc3cccc(OC)c3O2)CC1. The van der Waals surface area contributed by atoms with Crippen LogP contribution in [0.25, 0.3) is 0 Å². The summed E-state index contributed by atoms with van der Waals surface area (Å²) in [6.45, 7) is 4.43. The maximum atomic E-state index is 6.11. The van der Waals surface area contributed by atoms with Crippen LogP contribution in [0.5, 0.6) is 23.0 Å². The molecule has 0 radical (unpaired) electrons. The Labute approximate surface area is 172 Å². The first kappa shape index (κ1) is 19.7. The molecule has 1 fully saturated rings. The number of rotatable bonds is 7. The molecule has 29 heavy (non-hydrogen) atoms. The Morgan fingerprint density at radius 1 is 0.966 bits per heavy atom. The summed E-state index contributed by atoms with van der Waals surface area (Å²) in [4.78, 5) is 2.43. The summed E-state index contributed by atoms with van der Waals surface area (Å²) >= 11 is 0. The highest BCUT2D eigenvalue weighted by Gasteiger charge is 2.25. The molecular weight excluding hydrogens is 368 g/mol. The van der Waals surface area contributed by atoms with Crippen LogP contribution >= 0.6 is 0 Å². The van der Waals surface area contributed by atoms with Crippen molar-refractivity contribution in [2.45, 2.75) is 18.9 Å². The molecule has 6 nitrogen and oxygen atoms in total. The van der Waals surface area contributed by atoms with Gasteiger partial charge in [0.2, 0.25) is 5.75 Å². The fourth-order valence-electron chi connectivity index (χ4n) is 4.09. The Morgan fingerprint density at radius 3 is 2.52 bits per heavy atom. The van der Waals surface area contributed by atoms with E-state index in [0.29, 0.717) is 18.3 Å². The zero-order chi connectivity index (χ0) is 20.1. The number of methoxy groups -OCH3 is 2. The molecule has 4 rings (SSSR count). The van der Waals surface area contributed by atoms with E-state index in [2.05, 4.69) is 22.3 Å². The van der Waals surface area contributed by atoms with Crippen molar-refractivity contribution in [1.29, 1.82) is 0 Å². The fraction of sp³-hybridized carbons (Fsp3) is 0.478. The molecule has 0 spiro atoms. The summed E-state index contributed by atoms with van der Waals surface area (Å²) in [5.41, 5.74) is 1.20. The number of anilines is 1. The van der Waals surface area contributed by atoms with Crippen molar-refractivity contribution in [3.8, 4) is 23.0 Å². The summed E-state index contributed by atoms with van der Waals surface area (Å²) in [6, 6.07) is 14.0. The Morgan fingerprint density at radius 2 is 1.72 bits per heavy atom. The van der Waals surface area contributed by atoms with Gasteiger partial charge in [-0.05, 0) is 49.6 Å². The fourth-order valence-corrected chi connectivity index (χ4v) is 4.09. The predicted molar refractivity (Wildman–Crippen MR) is 114 cm³/mol. The van der Waals surface area contributed by atoms with Gasteiger partial charge in [0.15, 0.2) is 11.5 Å². The first-order valence-corrected chi connectivity index (χ1v) is 10.3. The molecule has 2 heterocycles. The van der Waals surface area contributed by atoms with Crippen LogP contribution in [0.4, 0.5) is 5.69 Å². The summed E-state index contributed by atoms with van der Waals surface area (Å²) in [6.07, 6.45) is 2.33. The summed E-state index contributed by atoms with van der Waals surface area (Å²) in [5, 5.41) is 3.58. The van der Waals surface area contributed by atoms with Crippen molar-refractivity contribution in [3.63, 3.8) is 0 Å². The lowest BCUT2D eigenvalue weighted by Crippen LogP contribution is -2.42. The van der Waals surface area contributed by atoms with Crippen LogP contribution in [-0.2, 0) is 0 Å². The summed E-state index contributed by atoms with van der Waals surface area (Å²) in [5.74, 6) is 3.81. The van der Waals surface area contributed by atoms with Gasteiger partial charge in [0.1, 0.15) is 18.5 Å². The highest BCUT2D eigenvalue weighted by atomic mass is 16.6. The van der Waals surface area contributed by atoms with Crippen LogP contribution in [0.2, 0.25) is 0 Å². The standard InChI is InChI=1S/C23H30N2O4/c1-26-20-7-4-3-6-19(20)25-12-10-17(11-13-25)14-24-15-18-16-28-22-9-5-8-21(27-2)23(22)29-18/h3-9,17-18,24H,10-16H2,1-2H3. The van der Waals surface area contributed by atoms with E-state index in [1.165, 1.54) is 18.5 Å². The van der Waals surface area contributed by atoms with E-state index in [9.17, 15) is 0 Å². The average molecular weight is 399 g/mol. The number of nitrogens with zero attached hydrogens (tertiary/aromatic N) is 1. The van der Waals surface area contributed by atoms with E-state index in [0.717, 1.165) is 43.4 Å². The summed E-state index contributed by atoms with van der Waals surface area (Å²) in [7, 11) is 3.39. The Kier molecular flexibility index (Phi) is 6.30. The Hall–Kier alpha value is -2.60. The second kappa shape index (κ2) is 9.27. The molecule has 0 aliphatic carbocycles. The number of benzene rings is 2. The third kappa shape index (κ3) is 4.53. The van der Waals surface area contributed by atoms with Gasteiger partial charge < -0.3 is 29.2 Å². The zero-order valence-corrected chi connectivity index (χ0v) is 17.2. The molecule has 156 valence electrons. The Balaban J connectivity index is 1.22. The number of ether oxygens (including phenoxy) is 4. The molecular formula is C23H30N2O4. The zero-order valence-electron chi connectivity index (χ0n) is 17.2. The van der Waals surface area contributed by atoms with Crippen LogP contribution in [0.3, 0.4) is 0 Å². The van der Waals surface area contributed by atoms with E-state index < -0.39 is 0 Å². The molecule has 2 aromatic rings. The minimum absolute atomic E-state index is 0.00697. The molecule has 0 amide bonds. The van der Waals surface area contributed by atoms with Crippen LogP contribution < -0.4 is 29.2 Å². The molecule has 0 bridgehead atoms. The first-order chi connectivity index (χ1) is 14.3.